The Morgan fingerprint density at radius 1 is 0.958 bits per heavy atom. The van der Waals surface area contributed by atoms with Gasteiger partial charge in [-0.25, -0.2) is 10.2 Å². The summed E-state index contributed by atoms with van der Waals surface area (Å²) in [6, 6.07) is 12.5. The Labute approximate surface area is 276 Å². The van der Waals surface area contributed by atoms with Crippen molar-refractivity contribution in [2.75, 3.05) is 56.3 Å². The number of carbonyl (C=O) groups is 4. The molecule has 4 amide bonds. The highest BCUT2D eigenvalue weighted by molar-refractivity contribution is 5.98. The molecule has 0 saturated carbocycles. The van der Waals surface area contributed by atoms with Crippen molar-refractivity contribution < 1.29 is 37.1 Å². The summed E-state index contributed by atoms with van der Waals surface area (Å²) in [5.74, 6) is -1.08. The van der Waals surface area contributed by atoms with E-state index in [1.165, 1.54) is 4.90 Å². The number of nitrogens with one attached hydrogen (secondary N) is 2. The molecule has 4 aliphatic heterocycles. The molecule has 0 radical (unpaired) electrons. The van der Waals surface area contributed by atoms with E-state index in [4.69, 9.17) is 4.74 Å². The van der Waals surface area contributed by atoms with Crippen molar-refractivity contribution in [2.24, 2.45) is 0 Å². The Balaban J connectivity index is 1.16. The second kappa shape index (κ2) is 12.5. The predicted molar refractivity (Wildman–Crippen MR) is 170 cm³/mol. The molecule has 0 aromatic heterocycles. The topological polar surface area (TPSA) is 118 Å². The van der Waals surface area contributed by atoms with Crippen LogP contribution in [0.3, 0.4) is 0 Å². The van der Waals surface area contributed by atoms with Crippen LogP contribution in [0.25, 0.3) is 0 Å². The summed E-state index contributed by atoms with van der Waals surface area (Å²) >= 11 is 0. The van der Waals surface area contributed by atoms with Gasteiger partial charge in [-0.1, -0.05) is 18.2 Å². The summed E-state index contributed by atoms with van der Waals surface area (Å²) in [7, 11) is 0. The number of rotatable bonds is 4. The number of hydrazine groups is 1. The molecule has 48 heavy (non-hydrogen) atoms. The zero-order valence-electron chi connectivity index (χ0n) is 27.2. The van der Waals surface area contributed by atoms with Crippen molar-refractivity contribution in [3.05, 3.63) is 59.7 Å². The number of piperazine rings is 1. The summed E-state index contributed by atoms with van der Waals surface area (Å²) in [4.78, 5) is 60.5. The Bertz CT molecular complexity index is 1570. The lowest BCUT2D eigenvalue weighted by molar-refractivity contribution is -0.194. The monoisotopic (exact) mass is 671 g/mol. The minimum atomic E-state index is -4.80. The number of para-hydroxylation sites is 1. The van der Waals surface area contributed by atoms with E-state index in [1.54, 1.807) is 31.7 Å². The fourth-order valence-electron chi connectivity index (χ4n) is 6.91. The Hall–Kier alpha value is -4.53. The lowest BCUT2D eigenvalue weighted by Crippen LogP contribution is -2.63. The number of halogens is 3. The smallest absolute Gasteiger partial charge is 0.410 e. The van der Waals surface area contributed by atoms with E-state index in [0.29, 0.717) is 42.9 Å². The van der Waals surface area contributed by atoms with Crippen LogP contribution in [-0.2, 0) is 20.9 Å². The van der Waals surface area contributed by atoms with Gasteiger partial charge in [0.05, 0.1) is 18.9 Å². The van der Waals surface area contributed by atoms with Crippen molar-refractivity contribution >= 4 is 35.2 Å². The molecule has 2 aromatic rings. The van der Waals surface area contributed by atoms with E-state index in [-0.39, 0.29) is 31.6 Å². The molecule has 2 aromatic carbocycles. The highest BCUT2D eigenvalue weighted by atomic mass is 19.4. The molecule has 4 aliphatic rings. The van der Waals surface area contributed by atoms with Crippen LogP contribution >= 0.6 is 0 Å². The number of anilines is 2. The van der Waals surface area contributed by atoms with E-state index < -0.39 is 48.4 Å². The summed E-state index contributed by atoms with van der Waals surface area (Å²) in [5, 5.41) is 0. The van der Waals surface area contributed by atoms with Gasteiger partial charge >= 0.3 is 12.3 Å². The van der Waals surface area contributed by atoms with Crippen LogP contribution in [0.1, 0.15) is 49.5 Å². The fraction of sp³-hybridized carbons (Fsp3) is 0.515. The molecule has 3 saturated heterocycles. The molecule has 15 heteroatoms. The third kappa shape index (κ3) is 6.47. The van der Waals surface area contributed by atoms with E-state index >= 15 is 0 Å². The van der Waals surface area contributed by atoms with E-state index in [2.05, 4.69) is 10.9 Å². The Morgan fingerprint density at radius 2 is 1.67 bits per heavy atom. The number of hydrogen-bond acceptors (Lipinski definition) is 8. The van der Waals surface area contributed by atoms with Crippen LogP contribution in [0.4, 0.5) is 29.3 Å². The molecule has 6 rings (SSSR count). The number of piperidine rings is 1. The van der Waals surface area contributed by atoms with Gasteiger partial charge in [0.1, 0.15) is 23.7 Å². The molecule has 1 spiro atoms. The molecule has 2 N–H and O–H groups in total. The first-order chi connectivity index (χ1) is 22.7. The number of carbonyl (C=O) groups excluding carboxylic acids is 4. The first kappa shape index (κ1) is 33.4. The average molecular weight is 672 g/mol. The second-order valence-corrected chi connectivity index (χ2v) is 13.7. The molecule has 0 aliphatic carbocycles. The van der Waals surface area contributed by atoms with Crippen LogP contribution in [0, 0.1) is 0 Å². The second-order valence-electron chi connectivity index (χ2n) is 13.7. The maximum absolute atomic E-state index is 14.2. The number of likely N-dealkylation sites (tertiary alicyclic amines) is 1. The number of benzene rings is 2. The van der Waals surface area contributed by atoms with Gasteiger partial charge in [0.25, 0.3) is 11.8 Å². The van der Waals surface area contributed by atoms with Crippen molar-refractivity contribution in [1.82, 2.24) is 25.0 Å². The van der Waals surface area contributed by atoms with Crippen LogP contribution in [0.5, 0.6) is 0 Å². The molecular weight excluding hydrogens is 631 g/mol. The predicted octanol–water partition coefficient (Wildman–Crippen LogP) is 3.41. The third-order valence-electron chi connectivity index (χ3n) is 9.38. The number of amides is 4. The molecule has 258 valence electrons. The summed E-state index contributed by atoms with van der Waals surface area (Å²) in [6.45, 7) is 4.31. The fourth-order valence-corrected chi connectivity index (χ4v) is 6.91. The van der Waals surface area contributed by atoms with Crippen LogP contribution in [0.2, 0.25) is 0 Å². The summed E-state index contributed by atoms with van der Waals surface area (Å²) in [5.41, 5.74) is 7.29. The molecule has 0 bridgehead atoms. The van der Waals surface area contributed by atoms with Gasteiger partial charge in [-0.05, 0) is 69.5 Å². The lowest BCUT2D eigenvalue weighted by Gasteiger charge is -2.43. The SMILES string of the molecule is CC(C)(C)OC(=O)N1CCN(C(=O)CN2CN(c3ccccc3)C3(CCN(C(=O)c4ccc5c(c4)CNN5)CC3)C2=O)C[C@@H]1C(F)(F)F. The normalized spacial score (nSPS) is 21.0. The number of nitrogens with zero attached hydrogens (tertiary/aromatic N) is 5. The Morgan fingerprint density at radius 3 is 2.33 bits per heavy atom. The minimum absolute atomic E-state index is 0.0634. The molecular formula is C33H40F3N7O5. The molecule has 3 fully saturated rings. The number of hydrogen-bond donors (Lipinski definition) is 2. The molecule has 12 nitrogen and oxygen atoms in total. The van der Waals surface area contributed by atoms with Crippen LogP contribution < -0.4 is 15.8 Å². The zero-order chi connectivity index (χ0) is 34.4. The number of ether oxygens (including phenoxy) is 1. The summed E-state index contributed by atoms with van der Waals surface area (Å²) < 4.78 is 47.6. The number of fused-ring (bicyclic) bond motifs is 1. The van der Waals surface area contributed by atoms with Crippen molar-refractivity contribution in [2.45, 2.75) is 63.5 Å². The standard InChI is InChI=1S/C33H40F3N7O5/c1-31(2,3)48-30(47)42-16-15-40(19-26(42)33(34,35)36)27(44)20-41-21-43(24-7-5-4-6-8-24)32(29(41)46)11-13-39(14-12-32)28(45)22-9-10-25-23(17-22)18-37-38-25/h4-10,17,26,37-38H,11-16,18-21H2,1-3H3/t26-/m1/s1. The van der Waals surface area contributed by atoms with E-state index in [0.717, 1.165) is 21.8 Å². The van der Waals surface area contributed by atoms with Crippen molar-refractivity contribution in [1.29, 1.82) is 0 Å². The van der Waals surface area contributed by atoms with Gasteiger partial charge < -0.3 is 29.8 Å². The van der Waals surface area contributed by atoms with Gasteiger partial charge in [0.15, 0.2) is 0 Å². The lowest BCUT2D eigenvalue weighted by atomic mass is 9.85. The van der Waals surface area contributed by atoms with Crippen LogP contribution in [-0.4, -0.2) is 113 Å². The first-order valence-corrected chi connectivity index (χ1v) is 16.0. The molecule has 4 heterocycles. The van der Waals surface area contributed by atoms with Gasteiger partial charge in [0.2, 0.25) is 5.91 Å². The molecule has 1 atom stereocenters. The average Bonchev–Trinajstić information content (AvgIpc) is 3.62. The van der Waals surface area contributed by atoms with Gasteiger partial charge in [0, 0.05) is 44.0 Å². The van der Waals surface area contributed by atoms with Crippen LogP contribution in [0.15, 0.2) is 48.5 Å². The van der Waals surface area contributed by atoms with E-state index in [9.17, 15) is 32.3 Å². The Kier molecular flexibility index (Phi) is 8.68. The van der Waals surface area contributed by atoms with Gasteiger partial charge in [-0.2, -0.15) is 13.2 Å². The maximum Gasteiger partial charge on any atom is 0.410 e. The number of alkyl halides is 3. The highest BCUT2D eigenvalue weighted by Crippen LogP contribution is 2.40. The van der Waals surface area contributed by atoms with E-state index in [1.807, 2.05) is 47.4 Å². The minimum Gasteiger partial charge on any atom is -0.444 e. The van der Waals surface area contributed by atoms with Gasteiger partial charge in [-0.15, -0.1) is 0 Å². The third-order valence-corrected chi connectivity index (χ3v) is 9.38. The largest absolute Gasteiger partial charge is 0.444 e. The first-order valence-electron chi connectivity index (χ1n) is 16.0. The maximum atomic E-state index is 14.2. The summed E-state index contributed by atoms with van der Waals surface area (Å²) in [6.07, 6.45) is -5.26. The quantitative estimate of drug-likeness (QED) is 0.508. The zero-order valence-corrected chi connectivity index (χ0v) is 27.2. The molecule has 0 unspecified atom stereocenters. The van der Waals surface area contributed by atoms with Gasteiger partial charge in [-0.3, -0.25) is 19.3 Å². The van der Waals surface area contributed by atoms with Crippen molar-refractivity contribution in [3.8, 4) is 0 Å². The highest BCUT2D eigenvalue weighted by Gasteiger charge is 2.55. The van der Waals surface area contributed by atoms with Crippen molar-refractivity contribution in [3.63, 3.8) is 0 Å².